The van der Waals surface area contributed by atoms with Crippen molar-refractivity contribution < 1.29 is 73.8 Å². The second-order valence-corrected chi connectivity index (χ2v) is 16.6. The number of carbonyl (C=O) groups excluding carboxylic acids is 2. The summed E-state index contributed by atoms with van der Waals surface area (Å²) in [5.74, 6) is -0.946. The molecule has 15 heteroatoms. The number of hydrogen-bond donors (Lipinski definition) is 7. The molecule has 2 aliphatic heterocycles. The topological polar surface area (TPSA) is 231 Å². The summed E-state index contributed by atoms with van der Waals surface area (Å²) in [6.45, 7) is 2.51. The van der Waals surface area contributed by atoms with Crippen LogP contribution in [0.15, 0.2) is 24.3 Å². The quantitative estimate of drug-likeness (QED) is 0.0246. The molecule has 2 saturated heterocycles. The van der Waals surface area contributed by atoms with Crippen LogP contribution in [0, 0.1) is 0 Å². The molecule has 7 N–H and O–H groups in total. The largest absolute Gasteiger partial charge is 0.462 e. The van der Waals surface area contributed by atoms with Gasteiger partial charge in [0, 0.05) is 12.8 Å². The number of esters is 2. The van der Waals surface area contributed by atoms with Crippen LogP contribution in [-0.2, 0) is 38.0 Å². The molecule has 0 amide bonds. The van der Waals surface area contributed by atoms with Crippen LogP contribution in [0.25, 0.3) is 0 Å². The molecule has 15 nitrogen and oxygen atoms in total. The van der Waals surface area contributed by atoms with Crippen LogP contribution in [0.3, 0.4) is 0 Å². The molecule has 0 saturated carbocycles. The average molecular weight is 875 g/mol. The second-order valence-electron chi connectivity index (χ2n) is 16.6. The number of rotatable bonds is 35. The lowest BCUT2D eigenvalue weighted by molar-refractivity contribution is -0.332. The molecule has 0 aromatic carbocycles. The van der Waals surface area contributed by atoms with Gasteiger partial charge in [-0.3, -0.25) is 9.59 Å². The van der Waals surface area contributed by atoms with E-state index in [1.54, 1.807) is 0 Å². The number of unbranched alkanes of at least 4 members (excludes halogenated alkanes) is 17. The van der Waals surface area contributed by atoms with Gasteiger partial charge < -0.3 is 64.2 Å². The maximum absolute atomic E-state index is 12.9. The fourth-order valence-electron chi connectivity index (χ4n) is 7.20. The van der Waals surface area contributed by atoms with E-state index in [2.05, 4.69) is 38.2 Å². The summed E-state index contributed by atoms with van der Waals surface area (Å²) in [4.78, 5) is 25.6. The fourth-order valence-corrected chi connectivity index (χ4v) is 7.20. The van der Waals surface area contributed by atoms with Crippen LogP contribution in [0.2, 0.25) is 0 Å². The van der Waals surface area contributed by atoms with Crippen LogP contribution in [0.1, 0.15) is 162 Å². The van der Waals surface area contributed by atoms with Crippen LogP contribution in [0.4, 0.5) is 0 Å². The maximum atomic E-state index is 12.9. The monoisotopic (exact) mass is 875 g/mol. The lowest BCUT2D eigenvalue weighted by Gasteiger charge is -2.42. The zero-order chi connectivity index (χ0) is 44.7. The average Bonchev–Trinajstić information content (AvgIpc) is 3.25. The zero-order valence-electron chi connectivity index (χ0n) is 37.1. The van der Waals surface area contributed by atoms with Gasteiger partial charge in [0.05, 0.1) is 19.8 Å². The molecule has 0 aromatic heterocycles. The van der Waals surface area contributed by atoms with Crippen LogP contribution in [-0.4, -0.2) is 142 Å². The van der Waals surface area contributed by atoms with E-state index in [0.717, 1.165) is 77.0 Å². The summed E-state index contributed by atoms with van der Waals surface area (Å²) >= 11 is 0. The summed E-state index contributed by atoms with van der Waals surface area (Å²) in [5.41, 5.74) is 0. The van der Waals surface area contributed by atoms with Gasteiger partial charge in [0.2, 0.25) is 0 Å². The van der Waals surface area contributed by atoms with Crippen LogP contribution in [0.5, 0.6) is 0 Å². The Bertz CT molecular complexity index is 1170. The first-order valence-corrected chi connectivity index (χ1v) is 23.4. The van der Waals surface area contributed by atoms with Crippen molar-refractivity contribution in [3.63, 3.8) is 0 Å². The molecule has 2 aliphatic rings. The number of hydrogen-bond acceptors (Lipinski definition) is 15. The van der Waals surface area contributed by atoms with E-state index in [1.165, 1.54) is 44.9 Å². The van der Waals surface area contributed by atoms with Crippen molar-refractivity contribution in [2.24, 2.45) is 0 Å². The van der Waals surface area contributed by atoms with Gasteiger partial charge in [-0.1, -0.05) is 109 Å². The van der Waals surface area contributed by atoms with Gasteiger partial charge in [-0.2, -0.15) is 0 Å². The summed E-state index contributed by atoms with van der Waals surface area (Å²) in [7, 11) is 0. The van der Waals surface area contributed by atoms with Gasteiger partial charge in [-0.05, 0) is 64.2 Å². The molecule has 2 heterocycles. The van der Waals surface area contributed by atoms with E-state index in [0.29, 0.717) is 12.8 Å². The molecule has 356 valence electrons. The van der Waals surface area contributed by atoms with E-state index in [4.69, 9.17) is 28.4 Å². The van der Waals surface area contributed by atoms with Crippen molar-refractivity contribution >= 4 is 11.9 Å². The Morgan fingerprint density at radius 3 is 1.48 bits per heavy atom. The van der Waals surface area contributed by atoms with E-state index >= 15 is 0 Å². The highest BCUT2D eigenvalue weighted by Gasteiger charge is 2.47. The maximum Gasteiger partial charge on any atom is 0.306 e. The number of aliphatic hydroxyl groups is 7. The molecule has 11 atom stereocenters. The zero-order valence-corrected chi connectivity index (χ0v) is 37.1. The standard InChI is InChI=1S/C46H82O15/c1-3-5-7-9-11-13-15-17-19-20-22-24-26-28-37(48)56-31-34(59-38(49)29-27-25-23-21-18-16-14-12-10-8-6-4-2)32-57-45-44(55)42(53)40(51)36(61-45)33-58-46-43(54)41(52)39(50)35(30-47)60-46/h12-15,34-36,39-47,50-55H,3-11,16-33H2,1-2H3/b14-12+,15-13+/t34-,35-,36-,39+,40+,41?,42?,43?,44?,45-,46-/m1/s1. The van der Waals surface area contributed by atoms with E-state index in [1.807, 2.05) is 0 Å². The summed E-state index contributed by atoms with van der Waals surface area (Å²) < 4.78 is 33.4. The lowest BCUT2D eigenvalue weighted by Crippen LogP contribution is -2.61. The Hall–Kier alpha value is -2.02. The number of allylic oxidation sites excluding steroid dienone is 4. The molecule has 4 unspecified atom stereocenters. The van der Waals surface area contributed by atoms with Crippen molar-refractivity contribution in [1.82, 2.24) is 0 Å². The van der Waals surface area contributed by atoms with Gasteiger partial charge in [0.1, 0.15) is 55.4 Å². The summed E-state index contributed by atoms with van der Waals surface area (Å²) in [5, 5.41) is 71.8. The molecular weight excluding hydrogens is 792 g/mol. The van der Waals surface area contributed by atoms with E-state index in [-0.39, 0.29) is 26.1 Å². The minimum Gasteiger partial charge on any atom is -0.462 e. The third kappa shape index (κ3) is 23.5. The van der Waals surface area contributed by atoms with E-state index in [9.17, 15) is 45.3 Å². The Morgan fingerprint density at radius 2 is 0.934 bits per heavy atom. The first-order chi connectivity index (χ1) is 29.5. The third-order valence-corrected chi connectivity index (χ3v) is 11.2. The Balaban J connectivity index is 1.86. The molecule has 0 aliphatic carbocycles. The summed E-state index contributed by atoms with van der Waals surface area (Å²) in [6.07, 6.45) is 15.0. The number of carbonyl (C=O) groups is 2. The third-order valence-electron chi connectivity index (χ3n) is 11.2. The number of ether oxygens (including phenoxy) is 6. The minimum absolute atomic E-state index is 0.154. The van der Waals surface area contributed by atoms with Crippen LogP contribution >= 0.6 is 0 Å². The molecule has 61 heavy (non-hydrogen) atoms. The second kappa shape index (κ2) is 34.4. The van der Waals surface area contributed by atoms with Crippen molar-refractivity contribution in [2.75, 3.05) is 26.4 Å². The molecule has 0 radical (unpaired) electrons. The predicted molar refractivity (Wildman–Crippen MR) is 229 cm³/mol. The normalized spacial score (nSPS) is 27.5. The number of aliphatic hydroxyl groups excluding tert-OH is 7. The highest BCUT2D eigenvalue weighted by atomic mass is 16.7. The van der Waals surface area contributed by atoms with Crippen molar-refractivity contribution in [1.29, 1.82) is 0 Å². The summed E-state index contributed by atoms with van der Waals surface area (Å²) in [6, 6.07) is 0. The van der Waals surface area contributed by atoms with E-state index < -0.39 is 92.7 Å². The minimum atomic E-state index is -1.76. The molecular formula is C46H82O15. The van der Waals surface area contributed by atoms with Crippen molar-refractivity contribution in [3.8, 4) is 0 Å². The highest BCUT2D eigenvalue weighted by Crippen LogP contribution is 2.26. The Kier molecular flexibility index (Phi) is 31.1. The van der Waals surface area contributed by atoms with Crippen molar-refractivity contribution in [2.45, 2.75) is 229 Å². The molecule has 2 fully saturated rings. The molecule has 0 aromatic rings. The molecule has 0 spiro atoms. The van der Waals surface area contributed by atoms with Gasteiger partial charge in [0.15, 0.2) is 18.7 Å². The first kappa shape index (κ1) is 55.1. The first-order valence-electron chi connectivity index (χ1n) is 23.4. The highest BCUT2D eigenvalue weighted by molar-refractivity contribution is 5.70. The van der Waals surface area contributed by atoms with Crippen molar-refractivity contribution in [3.05, 3.63) is 24.3 Å². The molecule has 2 rings (SSSR count). The fraction of sp³-hybridized carbons (Fsp3) is 0.870. The van der Waals surface area contributed by atoms with Gasteiger partial charge in [0.25, 0.3) is 0 Å². The van der Waals surface area contributed by atoms with Gasteiger partial charge in [-0.25, -0.2) is 0 Å². The smallest absolute Gasteiger partial charge is 0.306 e. The van der Waals surface area contributed by atoms with Gasteiger partial charge in [-0.15, -0.1) is 0 Å². The van der Waals surface area contributed by atoms with Crippen LogP contribution < -0.4 is 0 Å². The Morgan fingerprint density at radius 1 is 0.508 bits per heavy atom. The SMILES string of the molecule is CCCCC/C=C/CCCCCCCC(=O)O[C@H](COC(=O)CCCCCCC/C=C/CCCCCC)CO[C@@H]1O[C@H](CO[C@@H]2O[C@H](CO)[C@H](O)C(O)C2O)[C@H](O)C(O)C1O. The Labute approximate surface area is 364 Å². The lowest BCUT2D eigenvalue weighted by atomic mass is 9.98. The molecule has 0 bridgehead atoms. The predicted octanol–water partition coefficient (Wildman–Crippen LogP) is 5.21. The van der Waals surface area contributed by atoms with Gasteiger partial charge >= 0.3 is 11.9 Å².